The van der Waals surface area contributed by atoms with Crippen LogP contribution >= 0.6 is 23.2 Å². The third kappa shape index (κ3) is 1.66. The summed E-state index contributed by atoms with van der Waals surface area (Å²) in [5.41, 5.74) is 0. The van der Waals surface area contributed by atoms with Crippen molar-refractivity contribution >= 4 is 33.0 Å². The molecule has 0 radical (unpaired) electrons. The number of rotatable bonds is 3. The van der Waals surface area contributed by atoms with Crippen LogP contribution in [-0.4, -0.2) is 34.4 Å². The Labute approximate surface area is 95.3 Å². The van der Waals surface area contributed by atoms with Crippen molar-refractivity contribution in [1.29, 1.82) is 0 Å². The van der Waals surface area contributed by atoms with E-state index in [0.29, 0.717) is 6.54 Å². The predicted octanol–water partition coefficient (Wildman–Crippen LogP) is 1.99. The van der Waals surface area contributed by atoms with Gasteiger partial charge in [0, 0.05) is 12.6 Å². The van der Waals surface area contributed by atoms with E-state index in [1.54, 1.807) is 4.90 Å². The summed E-state index contributed by atoms with van der Waals surface area (Å²) in [5, 5.41) is 0. The molecule has 2 atom stereocenters. The van der Waals surface area contributed by atoms with Gasteiger partial charge in [0.2, 0.25) is 14.2 Å². The largest absolute Gasteiger partial charge is 0.264 e. The molecule has 0 amide bonds. The van der Waals surface area contributed by atoms with Gasteiger partial charge >= 0.3 is 0 Å². The first-order valence-corrected chi connectivity index (χ1v) is 6.66. The second kappa shape index (κ2) is 3.24. The van der Waals surface area contributed by atoms with Crippen LogP contribution in [0.5, 0.6) is 0 Å². The Morgan fingerprint density at radius 2 is 1.86 bits per heavy atom. The lowest BCUT2D eigenvalue weighted by atomic mass is 10.4. The molecule has 84 valence electrons. The molecular weight excluding hydrogens is 245 g/mol. The fourth-order valence-electron chi connectivity index (χ4n) is 1.35. The van der Waals surface area contributed by atoms with Crippen molar-refractivity contribution in [2.75, 3.05) is 6.54 Å². The van der Waals surface area contributed by atoms with Crippen LogP contribution in [0.15, 0.2) is 0 Å². The lowest BCUT2D eigenvalue weighted by Gasteiger charge is -2.22. The smallest absolute Gasteiger partial charge is 0.213 e. The third-order valence-corrected chi connectivity index (χ3v) is 6.39. The van der Waals surface area contributed by atoms with Gasteiger partial charge in [-0.2, -0.15) is 0 Å². The lowest BCUT2D eigenvalue weighted by molar-refractivity contribution is 0.428. The van der Waals surface area contributed by atoms with E-state index >= 15 is 0 Å². The summed E-state index contributed by atoms with van der Waals surface area (Å²) in [6.07, 6.45) is 0. The molecule has 0 aliphatic carbocycles. The van der Waals surface area contributed by atoms with E-state index in [9.17, 15) is 8.42 Å². The first-order chi connectivity index (χ1) is 6.04. The van der Waals surface area contributed by atoms with Gasteiger partial charge in [-0.15, -0.1) is 11.6 Å². The van der Waals surface area contributed by atoms with Crippen LogP contribution in [-0.2, 0) is 9.84 Å². The SMILES string of the molecule is CC(C)N1CC1(Cl)S(=O)(=O)C(C)(C)Cl. The fraction of sp³-hybridized carbons (Fsp3) is 1.00. The van der Waals surface area contributed by atoms with Gasteiger partial charge < -0.3 is 0 Å². The van der Waals surface area contributed by atoms with Gasteiger partial charge in [0.15, 0.2) is 0 Å². The molecule has 1 aliphatic rings. The van der Waals surface area contributed by atoms with Crippen molar-refractivity contribution in [1.82, 2.24) is 4.90 Å². The number of alkyl halides is 2. The molecule has 0 bridgehead atoms. The maximum absolute atomic E-state index is 11.9. The minimum absolute atomic E-state index is 0.112. The van der Waals surface area contributed by atoms with E-state index in [1.807, 2.05) is 13.8 Å². The molecule has 0 aromatic carbocycles. The van der Waals surface area contributed by atoms with Crippen LogP contribution in [0.25, 0.3) is 0 Å². The molecule has 2 unspecified atom stereocenters. The Bertz CT molecular complexity index is 334. The van der Waals surface area contributed by atoms with Crippen LogP contribution in [0.4, 0.5) is 0 Å². The molecule has 1 rings (SSSR count). The van der Waals surface area contributed by atoms with Crippen molar-refractivity contribution in [2.24, 2.45) is 0 Å². The zero-order valence-corrected chi connectivity index (χ0v) is 11.0. The monoisotopic (exact) mass is 259 g/mol. The maximum atomic E-state index is 11.9. The summed E-state index contributed by atoms with van der Waals surface area (Å²) < 4.78 is 21.3. The quantitative estimate of drug-likeness (QED) is 0.442. The zero-order valence-electron chi connectivity index (χ0n) is 8.71. The lowest BCUT2D eigenvalue weighted by Crippen LogP contribution is -2.38. The van der Waals surface area contributed by atoms with Gasteiger partial charge in [-0.25, -0.2) is 8.42 Å². The number of nitrogens with zero attached hydrogens (tertiary/aromatic N) is 1. The molecule has 3 nitrogen and oxygen atoms in total. The minimum atomic E-state index is -3.54. The van der Waals surface area contributed by atoms with Crippen LogP contribution in [0.2, 0.25) is 0 Å². The molecule has 14 heavy (non-hydrogen) atoms. The summed E-state index contributed by atoms with van der Waals surface area (Å²) in [7, 11) is -3.54. The maximum Gasteiger partial charge on any atom is 0.213 e. The van der Waals surface area contributed by atoms with Crippen LogP contribution in [0.1, 0.15) is 27.7 Å². The van der Waals surface area contributed by atoms with Crippen LogP contribution in [0.3, 0.4) is 0 Å². The van der Waals surface area contributed by atoms with Crippen LogP contribution < -0.4 is 0 Å². The molecule has 0 aromatic rings. The van der Waals surface area contributed by atoms with Gasteiger partial charge in [0.1, 0.15) is 4.21 Å². The summed E-state index contributed by atoms with van der Waals surface area (Å²) in [6.45, 7) is 7.06. The van der Waals surface area contributed by atoms with E-state index in [4.69, 9.17) is 23.2 Å². The Kier molecular flexibility index (Phi) is 2.91. The van der Waals surface area contributed by atoms with Crippen molar-refractivity contribution in [2.45, 2.75) is 42.3 Å². The normalized spacial score (nSPS) is 33.5. The molecule has 0 N–H and O–H groups in total. The number of sulfone groups is 1. The van der Waals surface area contributed by atoms with E-state index in [0.717, 1.165) is 0 Å². The number of hydrogen-bond acceptors (Lipinski definition) is 3. The second-order valence-corrected chi connectivity index (χ2v) is 9.00. The van der Waals surface area contributed by atoms with Crippen molar-refractivity contribution < 1.29 is 8.42 Å². The zero-order chi connectivity index (χ0) is 11.4. The fourth-order valence-corrected chi connectivity index (χ4v) is 4.33. The Morgan fingerprint density at radius 3 is 2.07 bits per heavy atom. The molecule has 0 saturated carbocycles. The van der Waals surface area contributed by atoms with Gasteiger partial charge in [-0.05, 0) is 27.7 Å². The standard InChI is InChI=1S/C8H15Cl2NO2S/c1-6(2)11-5-8(11,10)14(12,13)7(3,4)9/h6H,5H2,1-4H3. The molecule has 1 aliphatic heterocycles. The molecular formula is C8H15Cl2NO2S. The first-order valence-electron chi connectivity index (χ1n) is 4.43. The van der Waals surface area contributed by atoms with Gasteiger partial charge in [0.25, 0.3) is 0 Å². The highest BCUT2D eigenvalue weighted by Crippen LogP contribution is 2.49. The highest BCUT2D eigenvalue weighted by molar-refractivity contribution is 7.96. The molecule has 1 saturated heterocycles. The van der Waals surface area contributed by atoms with E-state index < -0.39 is 18.4 Å². The third-order valence-electron chi connectivity index (χ3n) is 2.36. The summed E-state index contributed by atoms with van der Waals surface area (Å²) >= 11 is 11.9. The van der Waals surface area contributed by atoms with E-state index in [2.05, 4.69) is 0 Å². The van der Waals surface area contributed by atoms with E-state index in [-0.39, 0.29) is 6.04 Å². The first kappa shape index (κ1) is 12.6. The Balaban J connectivity index is 2.99. The van der Waals surface area contributed by atoms with Crippen molar-refractivity contribution in [3.63, 3.8) is 0 Å². The van der Waals surface area contributed by atoms with Crippen molar-refractivity contribution in [3.05, 3.63) is 0 Å². The van der Waals surface area contributed by atoms with Crippen LogP contribution in [0, 0.1) is 0 Å². The molecule has 1 fully saturated rings. The Morgan fingerprint density at radius 1 is 1.43 bits per heavy atom. The second-order valence-electron chi connectivity index (χ2n) is 4.28. The van der Waals surface area contributed by atoms with Gasteiger partial charge in [0.05, 0.1) is 0 Å². The summed E-state index contributed by atoms with van der Waals surface area (Å²) in [5.74, 6) is 0. The molecule has 0 spiro atoms. The predicted molar refractivity (Wildman–Crippen MR) is 59.3 cm³/mol. The highest BCUT2D eigenvalue weighted by atomic mass is 35.5. The van der Waals surface area contributed by atoms with Gasteiger partial charge in [-0.1, -0.05) is 11.6 Å². The van der Waals surface area contributed by atoms with Crippen molar-refractivity contribution in [3.8, 4) is 0 Å². The van der Waals surface area contributed by atoms with Gasteiger partial charge in [-0.3, -0.25) is 4.90 Å². The molecule has 6 heteroatoms. The Hall–Kier alpha value is 0.490. The topological polar surface area (TPSA) is 37.1 Å². The highest BCUT2D eigenvalue weighted by Gasteiger charge is 2.65. The average molecular weight is 260 g/mol. The molecule has 0 aromatic heterocycles. The van der Waals surface area contributed by atoms with E-state index in [1.165, 1.54) is 13.8 Å². The average Bonchev–Trinajstić information content (AvgIpc) is 2.61. The summed E-state index contributed by atoms with van der Waals surface area (Å²) in [4.78, 5) is 1.70. The minimum Gasteiger partial charge on any atom is -0.264 e. The molecule has 1 heterocycles. The number of halogens is 2. The summed E-state index contributed by atoms with van der Waals surface area (Å²) in [6, 6.07) is 0.112. The number of hydrogen-bond donors (Lipinski definition) is 0.